The summed E-state index contributed by atoms with van der Waals surface area (Å²) >= 11 is 0. The first-order valence-electron chi connectivity index (χ1n) is 5.60. The van der Waals surface area contributed by atoms with Crippen molar-refractivity contribution in [3.8, 4) is 0 Å². The number of unbranched alkanes of at least 4 members (excludes halogenated alkanes) is 1. The van der Waals surface area contributed by atoms with E-state index < -0.39 is 11.4 Å². The van der Waals surface area contributed by atoms with Crippen molar-refractivity contribution >= 4 is 17.6 Å². The van der Waals surface area contributed by atoms with Crippen LogP contribution >= 0.6 is 0 Å². The molecule has 2 N–H and O–H groups in total. The Hall–Kier alpha value is -1.39. The molecule has 1 amide bonds. The van der Waals surface area contributed by atoms with Gasteiger partial charge in [-0.1, -0.05) is 19.8 Å². The van der Waals surface area contributed by atoms with Crippen molar-refractivity contribution < 1.29 is 14.7 Å². The van der Waals surface area contributed by atoms with Gasteiger partial charge in [-0.2, -0.15) is 5.10 Å². The second-order valence-electron chi connectivity index (χ2n) is 4.22. The molecule has 0 spiro atoms. The Morgan fingerprint density at radius 3 is 2.62 bits per heavy atom. The van der Waals surface area contributed by atoms with E-state index in [1.165, 1.54) is 0 Å². The highest BCUT2D eigenvalue weighted by molar-refractivity contribution is 6.11. The fourth-order valence-corrected chi connectivity index (χ4v) is 2.03. The van der Waals surface area contributed by atoms with Crippen LogP contribution in [0.25, 0.3) is 0 Å². The Balaban J connectivity index is 2.79. The fourth-order valence-electron chi connectivity index (χ4n) is 2.03. The number of rotatable bonds is 6. The Morgan fingerprint density at radius 2 is 2.19 bits per heavy atom. The molecule has 0 unspecified atom stereocenters. The van der Waals surface area contributed by atoms with E-state index in [-0.39, 0.29) is 12.3 Å². The van der Waals surface area contributed by atoms with Crippen LogP contribution in [0.2, 0.25) is 0 Å². The molecule has 1 heterocycles. The molecule has 0 aromatic rings. The number of aliphatic carboxylic acids is 1. The molecule has 16 heavy (non-hydrogen) atoms. The zero-order chi connectivity index (χ0) is 12.2. The molecule has 0 radical (unpaired) electrons. The van der Waals surface area contributed by atoms with Gasteiger partial charge in [0.1, 0.15) is 0 Å². The molecule has 1 rings (SSSR count). The minimum atomic E-state index is -0.872. The molecular weight excluding hydrogens is 208 g/mol. The lowest BCUT2D eigenvalue weighted by Crippen LogP contribution is -2.37. The zero-order valence-electron chi connectivity index (χ0n) is 9.75. The quantitative estimate of drug-likeness (QED) is 0.721. The lowest BCUT2D eigenvalue weighted by atomic mass is 9.75. The molecule has 5 heteroatoms. The molecular formula is C11H18N2O3. The molecule has 1 atom stereocenters. The Morgan fingerprint density at radius 1 is 1.50 bits per heavy atom. The van der Waals surface area contributed by atoms with Gasteiger partial charge < -0.3 is 5.11 Å². The van der Waals surface area contributed by atoms with Crippen molar-refractivity contribution in [2.24, 2.45) is 10.5 Å². The monoisotopic (exact) mass is 226 g/mol. The third-order valence-electron chi connectivity index (χ3n) is 3.18. The highest BCUT2D eigenvalue weighted by Crippen LogP contribution is 2.35. The van der Waals surface area contributed by atoms with Crippen molar-refractivity contribution in [2.45, 2.75) is 46.0 Å². The van der Waals surface area contributed by atoms with E-state index in [4.69, 9.17) is 5.11 Å². The number of carbonyl (C=O) groups excluding carboxylic acids is 1. The van der Waals surface area contributed by atoms with Crippen molar-refractivity contribution in [3.63, 3.8) is 0 Å². The van der Waals surface area contributed by atoms with E-state index in [1.54, 1.807) is 6.92 Å². The number of carbonyl (C=O) groups is 2. The van der Waals surface area contributed by atoms with Crippen LogP contribution in [0.4, 0.5) is 0 Å². The van der Waals surface area contributed by atoms with E-state index in [1.807, 2.05) is 6.92 Å². The number of nitrogens with zero attached hydrogens (tertiary/aromatic N) is 1. The molecule has 0 saturated carbocycles. The zero-order valence-corrected chi connectivity index (χ0v) is 9.75. The van der Waals surface area contributed by atoms with Crippen LogP contribution in [-0.2, 0) is 9.59 Å². The first kappa shape index (κ1) is 12.7. The van der Waals surface area contributed by atoms with Gasteiger partial charge in [0.25, 0.3) is 5.91 Å². The number of carboxylic acids is 1. The number of hydrogen-bond donors (Lipinski definition) is 2. The first-order valence-corrected chi connectivity index (χ1v) is 5.60. The standard InChI is InChI=1S/C11H18N2O3/c1-3-4-6-11(7-5-9(14)15)8(2)12-13-10(11)16/h3-7H2,1-2H3,(H,13,16)(H,14,15)/t11-/m0/s1. The molecule has 0 aromatic heterocycles. The van der Waals surface area contributed by atoms with Gasteiger partial charge in [-0.15, -0.1) is 0 Å². The average molecular weight is 226 g/mol. The highest BCUT2D eigenvalue weighted by atomic mass is 16.4. The average Bonchev–Trinajstić information content (AvgIpc) is 2.51. The fraction of sp³-hybridized carbons (Fsp3) is 0.727. The number of nitrogens with one attached hydrogen (secondary N) is 1. The minimum absolute atomic E-state index is 0.00396. The van der Waals surface area contributed by atoms with Gasteiger partial charge in [0.05, 0.1) is 11.1 Å². The molecule has 0 bridgehead atoms. The summed E-state index contributed by atoms with van der Waals surface area (Å²) in [6.45, 7) is 3.83. The summed E-state index contributed by atoms with van der Waals surface area (Å²) in [5, 5.41) is 12.6. The largest absolute Gasteiger partial charge is 0.481 e. The number of hydrazone groups is 1. The van der Waals surface area contributed by atoms with Crippen LogP contribution in [0.15, 0.2) is 5.10 Å². The molecule has 5 nitrogen and oxygen atoms in total. The third kappa shape index (κ3) is 2.40. The molecule has 0 fully saturated rings. The van der Waals surface area contributed by atoms with Crippen molar-refractivity contribution in [2.75, 3.05) is 0 Å². The maximum Gasteiger partial charge on any atom is 0.303 e. The van der Waals surface area contributed by atoms with Crippen LogP contribution in [-0.4, -0.2) is 22.7 Å². The third-order valence-corrected chi connectivity index (χ3v) is 3.18. The van der Waals surface area contributed by atoms with E-state index in [2.05, 4.69) is 10.5 Å². The SMILES string of the molecule is CCCC[C@@]1(CCC(=O)O)C(=O)NN=C1C. The summed E-state index contributed by atoms with van der Waals surface area (Å²) in [5.41, 5.74) is 2.48. The summed E-state index contributed by atoms with van der Waals surface area (Å²) in [5.74, 6) is -1.02. The topological polar surface area (TPSA) is 78.8 Å². The maximum atomic E-state index is 11.8. The smallest absolute Gasteiger partial charge is 0.303 e. The highest BCUT2D eigenvalue weighted by Gasteiger charge is 2.44. The number of hydrogen-bond acceptors (Lipinski definition) is 3. The van der Waals surface area contributed by atoms with Crippen molar-refractivity contribution in [1.82, 2.24) is 5.43 Å². The Bertz CT molecular complexity index is 325. The van der Waals surface area contributed by atoms with Crippen LogP contribution in [0.1, 0.15) is 46.0 Å². The molecule has 0 aliphatic carbocycles. The minimum Gasteiger partial charge on any atom is -0.481 e. The molecule has 90 valence electrons. The van der Waals surface area contributed by atoms with E-state index in [0.29, 0.717) is 18.6 Å². The molecule has 1 aliphatic heterocycles. The van der Waals surface area contributed by atoms with Crippen LogP contribution in [0, 0.1) is 5.41 Å². The lowest BCUT2D eigenvalue weighted by Gasteiger charge is -2.25. The second-order valence-corrected chi connectivity index (χ2v) is 4.22. The summed E-state index contributed by atoms with van der Waals surface area (Å²) in [6.07, 6.45) is 2.90. The van der Waals surface area contributed by atoms with E-state index in [0.717, 1.165) is 12.8 Å². The normalized spacial score (nSPS) is 24.1. The summed E-state index contributed by atoms with van der Waals surface area (Å²) in [7, 11) is 0. The van der Waals surface area contributed by atoms with Gasteiger partial charge in [-0.25, -0.2) is 5.43 Å². The van der Waals surface area contributed by atoms with Crippen molar-refractivity contribution in [1.29, 1.82) is 0 Å². The maximum absolute atomic E-state index is 11.8. The Labute approximate surface area is 94.9 Å². The molecule has 1 aliphatic rings. The van der Waals surface area contributed by atoms with Gasteiger partial charge in [-0.3, -0.25) is 9.59 Å². The van der Waals surface area contributed by atoms with Crippen molar-refractivity contribution in [3.05, 3.63) is 0 Å². The number of carboxylic acid groups (broad SMARTS) is 1. The van der Waals surface area contributed by atoms with E-state index in [9.17, 15) is 9.59 Å². The van der Waals surface area contributed by atoms with E-state index >= 15 is 0 Å². The van der Waals surface area contributed by atoms with Gasteiger partial charge in [0, 0.05) is 6.42 Å². The molecule has 0 aromatic carbocycles. The summed E-state index contributed by atoms with van der Waals surface area (Å²) in [6, 6.07) is 0. The van der Waals surface area contributed by atoms with Crippen LogP contribution < -0.4 is 5.43 Å². The van der Waals surface area contributed by atoms with Gasteiger partial charge in [0.2, 0.25) is 0 Å². The number of amides is 1. The Kier molecular flexibility index (Phi) is 4.04. The predicted molar refractivity (Wildman–Crippen MR) is 60.1 cm³/mol. The lowest BCUT2D eigenvalue weighted by molar-refractivity contribution is -0.138. The van der Waals surface area contributed by atoms with Gasteiger partial charge in [-0.05, 0) is 19.8 Å². The van der Waals surface area contributed by atoms with Gasteiger partial charge >= 0.3 is 5.97 Å². The molecule has 0 saturated heterocycles. The predicted octanol–water partition coefficient (Wildman–Crippen LogP) is 1.53. The second kappa shape index (κ2) is 5.09. The van der Waals surface area contributed by atoms with Crippen LogP contribution in [0.3, 0.4) is 0 Å². The summed E-state index contributed by atoms with van der Waals surface area (Å²) < 4.78 is 0. The summed E-state index contributed by atoms with van der Waals surface area (Å²) in [4.78, 5) is 22.4. The first-order chi connectivity index (χ1) is 7.53. The van der Waals surface area contributed by atoms with Gasteiger partial charge in [0.15, 0.2) is 0 Å². The van der Waals surface area contributed by atoms with Crippen LogP contribution in [0.5, 0.6) is 0 Å².